The van der Waals surface area contributed by atoms with Crippen LogP contribution in [0.5, 0.6) is 0 Å². The van der Waals surface area contributed by atoms with E-state index in [1.54, 1.807) is 6.92 Å². The highest BCUT2D eigenvalue weighted by atomic mass is 35.5. The monoisotopic (exact) mass is 327 g/mol. The molecule has 4 heteroatoms. The Morgan fingerprint density at radius 1 is 1.14 bits per heavy atom. The van der Waals surface area contributed by atoms with Gasteiger partial charge in [-0.15, -0.1) is 12.4 Å². The molecule has 1 aromatic carbocycles. The Morgan fingerprint density at radius 3 is 1.95 bits per heavy atom. The van der Waals surface area contributed by atoms with Crippen LogP contribution in [-0.4, -0.2) is 13.1 Å². The third-order valence-corrected chi connectivity index (χ3v) is 2.68. The summed E-state index contributed by atoms with van der Waals surface area (Å²) < 4.78 is 4.27. The van der Waals surface area contributed by atoms with Gasteiger partial charge in [-0.05, 0) is 33.3 Å². The molecule has 0 heterocycles. The molecule has 0 radical (unpaired) electrons. The van der Waals surface area contributed by atoms with E-state index < -0.39 is 0 Å². The predicted molar refractivity (Wildman–Crippen MR) is 98.1 cm³/mol. The van der Waals surface area contributed by atoms with Crippen LogP contribution in [0.2, 0.25) is 0 Å². The Balaban J connectivity index is -0.000000350. The highest BCUT2D eigenvalue weighted by Gasteiger charge is 1.95. The van der Waals surface area contributed by atoms with E-state index in [-0.39, 0.29) is 25.8 Å². The zero-order valence-electron chi connectivity index (χ0n) is 13.5. The van der Waals surface area contributed by atoms with E-state index in [0.29, 0.717) is 5.57 Å². The predicted octanol–water partition coefficient (Wildman–Crippen LogP) is 4.88. The second kappa shape index (κ2) is 14.2. The summed E-state index contributed by atoms with van der Waals surface area (Å²) in [7, 11) is 1.33. The van der Waals surface area contributed by atoms with Crippen LogP contribution in [0.1, 0.15) is 40.7 Å². The largest absolute Gasteiger partial charge is 0.466 e. The number of halogens is 1. The maximum absolute atomic E-state index is 10.2. The third-order valence-electron chi connectivity index (χ3n) is 2.68. The van der Waals surface area contributed by atoms with Crippen molar-refractivity contribution in [1.29, 1.82) is 0 Å². The summed E-state index contributed by atoms with van der Waals surface area (Å²) in [5.74, 6) is -0.347. The molecule has 0 saturated heterocycles. The maximum atomic E-state index is 10.2. The number of allylic oxidation sites excluding steroid dienone is 2. The lowest BCUT2D eigenvalue weighted by Gasteiger charge is -2.07. The van der Waals surface area contributed by atoms with E-state index in [2.05, 4.69) is 61.7 Å². The van der Waals surface area contributed by atoms with E-state index in [9.17, 15) is 4.79 Å². The molecule has 3 nitrogen and oxygen atoms in total. The molecular formula is C18H30ClNO2. The van der Waals surface area contributed by atoms with Crippen LogP contribution in [0.15, 0.2) is 53.8 Å². The second-order valence-corrected chi connectivity index (χ2v) is 4.74. The van der Waals surface area contributed by atoms with E-state index in [1.165, 1.54) is 23.9 Å². The Labute approximate surface area is 141 Å². The minimum absolute atomic E-state index is 0. The molecule has 0 amide bonds. The van der Waals surface area contributed by atoms with Gasteiger partial charge in [-0.3, -0.25) is 0 Å². The Bertz CT molecular complexity index is 463. The lowest BCUT2D eigenvalue weighted by atomic mass is 10.2. The van der Waals surface area contributed by atoms with Crippen molar-refractivity contribution >= 4 is 18.4 Å². The van der Waals surface area contributed by atoms with Crippen molar-refractivity contribution in [2.75, 3.05) is 7.11 Å². The summed E-state index contributed by atoms with van der Waals surface area (Å²) in [5.41, 5.74) is 4.37. The van der Waals surface area contributed by atoms with Gasteiger partial charge in [0, 0.05) is 17.8 Å². The van der Waals surface area contributed by atoms with Crippen molar-refractivity contribution in [3.8, 4) is 0 Å². The number of methoxy groups -OCH3 is 1. The number of carbonyl (C=O) groups excluding carboxylic acids is 1. The average Bonchev–Trinajstić information content (AvgIpc) is 2.45. The molecule has 0 unspecified atom stereocenters. The van der Waals surface area contributed by atoms with Gasteiger partial charge in [0.2, 0.25) is 0 Å². The van der Waals surface area contributed by atoms with Crippen molar-refractivity contribution in [2.24, 2.45) is 0 Å². The first-order valence-electron chi connectivity index (χ1n) is 6.54. The Hall–Kier alpha value is -1.74. The highest BCUT2D eigenvalue weighted by Crippen LogP contribution is 2.01. The van der Waals surface area contributed by atoms with Crippen molar-refractivity contribution in [2.45, 2.75) is 41.7 Å². The third kappa shape index (κ3) is 12.0. The lowest BCUT2D eigenvalue weighted by Crippen LogP contribution is -2.11. The molecule has 126 valence electrons. The van der Waals surface area contributed by atoms with Crippen molar-refractivity contribution < 1.29 is 9.53 Å². The summed E-state index contributed by atoms with van der Waals surface area (Å²) in [5, 5.41) is 3.38. The first-order chi connectivity index (χ1) is 9.38. The number of esters is 1. The van der Waals surface area contributed by atoms with Gasteiger partial charge < -0.3 is 10.1 Å². The molecule has 0 saturated carbocycles. The number of hydrogen-bond acceptors (Lipinski definition) is 3. The molecule has 22 heavy (non-hydrogen) atoms. The summed E-state index contributed by atoms with van der Waals surface area (Å²) in [6, 6.07) is 10.4. The quantitative estimate of drug-likeness (QED) is 0.632. The van der Waals surface area contributed by atoms with Gasteiger partial charge in [0.05, 0.1) is 7.11 Å². The minimum Gasteiger partial charge on any atom is -0.466 e. The van der Waals surface area contributed by atoms with Crippen molar-refractivity contribution in [1.82, 2.24) is 5.32 Å². The number of hydrogen-bond donors (Lipinski definition) is 1. The van der Waals surface area contributed by atoms with E-state index in [0.717, 1.165) is 6.54 Å². The standard InChI is InChI=1S/C12H17N.C5H8O2.CH4.ClH/c1-10(2)11(3)13-9-12-7-5-4-6-8-12;1-4(2)5(6)7-3;;/h4-8,13H,9H2,1-3H3;1H2,2-3H3;1H4;1H. The first-order valence-corrected chi connectivity index (χ1v) is 6.54. The van der Waals surface area contributed by atoms with Gasteiger partial charge in [-0.2, -0.15) is 0 Å². The fraction of sp³-hybridized carbons (Fsp3) is 0.389. The topological polar surface area (TPSA) is 38.3 Å². The van der Waals surface area contributed by atoms with Gasteiger partial charge in [0.15, 0.2) is 0 Å². The van der Waals surface area contributed by atoms with Gasteiger partial charge in [-0.25, -0.2) is 4.79 Å². The van der Waals surface area contributed by atoms with Gasteiger partial charge >= 0.3 is 5.97 Å². The number of nitrogens with one attached hydrogen (secondary N) is 1. The molecule has 0 bridgehead atoms. The molecule has 0 aliphatic rings. The van der Waals surface area contributed by atoms with Crippen LogP contribution in [0.3, 0.4) is 0 Å². The first kappa shape index (κ1) is 25.2. The molecule has 0 spiro atoms. The summed E-state index contributed by atoms with van der Waals surface area (Å²) in [6.07, 6.45) is 0. The van der Waals surface area contributed by atoms with E-state index in [4.69, 9.17) is 0 Å². The molecule has 0 atom stereocenters. The fourth-order valence-corrected chi connectivity index (χ4v) is 1.18. The van der Waals surface area contributed by atoms with E-state index in [1.807, 2.05) is 6.07 Å². The van der Waals surface area contributed by atoms with Crippen LogP contribution in [0.4, 0.5) is 0 Å². The SMILES string of the molecule is C.C=C(C)C(=O)OC.CC(C)=C(C)NCc1ccccc1.Cl. The summed E-state index contributed by atoms with van der Waals surface area (Å²) in [6.45, 7) is 12.2. The van der Waals surface area contributed by atoms with Gasteiger partial charge in [-0.1, -0.05) is 49.9 Å². The molecule has 0 aliphatic carbocycles. The molecule has 1 N–H and O–H groups in total. The Morgan fingerprint density at radius 2 is 1.64 bits per heavy atom. The van der Waals surface area contributed by atoms with E-state index >= 15 is 0 Å². The normalized spacial score (nSPS) is 8.05. The number of benzene rings is 1. The number of rotatable bonds is 4. The molecule has 0 aromatic heterocycles. The molecular weight excluding hydrogens is 298 g/mol. The maximum Gasteiger partial charge on any atom is 0.332 e. The van der Waals surface area contributed by atoms with Crippen LogP contribution in [0.25, 0.3) is 0 Å². The molecule has 1 aromatic rings. The smallest absolute Gasteiger partial charge is 0.332 e. The number of carbonyl (C=O) groups is 1. The van der Waals surface area contributed by atoms with Gasteiger partial charge in [0.1, 0.15) is 0 Å². The van der Waals surface area contributed by atoms with Crippen molar-refractivity contribution in [3.05, 3.63) is 59.3 Å². The Kier molecular flexibility index (Phi) is 16.3. The zero-order chi connectivity index (χ0) is 15.5. The highest BCUT2D eigenvalue weighted by molar-refractivity contribution is 5.86. The van der Waals surface area contributed by atoms with Crippen LogP contribution in [-0.2, 0) is 16.1 Å². The van der Waals surface area contributed by atoms with Gasteiger partial charge in [0.25, 0.3) is 0 Å². The van der Waals surface area contributed by atoms with Crippen LogP contribution in [0, 0.1) is 0 Å². The van der Waals surface area contributed by atoms with Crippen LogP contribution >= 0.6 is 12.4 Å². The lowest BCUT2D eigenvalue weighted by molar-refractivity contribution is -0.136. The fourth-order valence-electron chi connectivity index (χ4n) is 1.18. The van der Waals surface area contributed by atoms with Crippen LogP contribution < -0.4 is 5.32 Å². The minimum atomic E-state index is -0.347. The summed E-state index contributed by atoms with van der Waals surface area (Å²) in [4.78, 5) is 10.2. The summed E-state index contributed by atoms with van der Waals surface area (Å²) >= 11 is 0. The van der Waals surface area contributed by atoms with Crippen molar-refractivity contribution in [3.63, 3.8) is 0 Å². The molecule has 1 rings (SSSR count). The second-order valence-electron chi connectivity index (χ2n) is 4.74. The molecule has 0 fully saturated rings. The average molecular weight is 328 g/mol. The molecule has 0 aliphatic heterocycles. The zero-order valence-corrected chi connectivity index (χ0v) is 14.3. The number of ether oxygens (including phenoxy) is 1.